The maximum atomic E-state index is 12.1. The highest BCUT2D eigenvalue weighted by molar-refractivity contribution is 7.99. The van der Waals surface area contributed by atoms with Gasteiger partial charge in [-0.15, -0.1) is 10.2 Å². The number of rotatable bonds is 7. The lowest BCUT2D eigenvalue weighted by Gasteiger charge is -2.25. The monoisotopic (exact) mass is 337 g/mol. The van der Waals surface area contributed by atoms with Crippen molar-refractivity contribution >= 4 is 11.8 Å². The van der Waals surface area contributed by atoms with Crippen molar-refractivity contribution in [1.82, 2.24) is 14.8 Å². The normalized spacial score (nSPS) is 16.5. The first kappa shape index (κ1) is 16.1. The first-order chi connectivity index (χ1) is 11.3. The number of alkyl halides is 1. The van der Waals surface area contributed by atoms with Crippen LogP contribution in [0.3, 0.4) is 0 Å². The van der Waals surface area contributed by atoms with Gasteiger partial charge in [-0.3, -0.25) is 4.39 Å². The number of hydrogen-bond donors (Lipinski definition) is 0. The van der Waals surface area contributed by atoms with E-state index in [0.717, 1.165) is 41.1 Å². The Hall–Kier alpha value is -1.76. The van der Waals surface area contributed by atoms with Crippen molar-refractivity contribution in [3.05, 3.63) is 30.1 Å². The minimum absolute atomic E-state index is 0.237. The van der Waals surface area contributed by atoms with Crippen molar-refractivity contribution in [3.8, 4) is 11.5 Å². The van der Waals surface area contributed by atoms with Gasteiger partial charge in [0.15, 0.2) is 28.6 Å². The zero-order valence-electron chi connectivity index (χ0n) is 13.1. The molecule has 1 aromatic carbocycles. The van der Waals surface area contributed by atoms with E-state index in [4.69, 9.17) is 9.47 Å². The van der Waals surface area contributed by atoms with Gasteiger partial charge in [0.05, 0.1) is 6.67 Å². The zero-order chi connectivity index (χ0) is 16.1. The molecule has 0 fully saturated rings. The molecule has 0 N–H and O–H groups in total. The van der Waals surface area contributed by atoms with Gasteiger partial charge in [-0.05, 0) is 25.0 Å². The second-order valence-corrected chi connectivity index (χ2v) is 6.42. The molecule has 7 heteroatoms. The van der Waals surface area contributed by atoms with Crippen LogP contribution in [0.5, 0.6) is 11.5 Å². The highest BCUT2D eigenvalue weighted by Crippen LogP contribution is 2.35. The van der Waals surface area contributed by atoms with Gasteiger partial charge in [-0.25, -0.2) is 0 Å². The molecule has 0 saturated carbocycles. The maximum Gasteiger partial charge on any atom is 0.192 e. The fourth-order valence-corrected chi connectivity index (χ4v) is 3.33. The van der Waals surface area contributed by atoms with E-state index in [1.165, 1.54) is 0 Å². The van der Waals surface area contributed by atoms with Crippen molar-refractivity contribution in [2.24, 2.45) is 7.05 Å². The molecule has 1 aliphatic heterocycles. The van der Waals surface area contributed by atoms with Gasteiger partial charge in [0.1, 0.15) is 6.61 Å². The molecule has 1 atom stereocenters. The standard InChI is InChI=1S/C16H20FN3O2S/c1-20-15(18-19-16(20)23-10-6-2-5-9-17)14-11-21-12-7-3-4-8-13(12)22-14/h3-4,7-8,14H,2,5-6,9-11H2,1H3/t14-/m1/s1. The average molecular weight is 337 g/mol. The Bertz CT molecular complexity index is 650. The fraction of sp³-hybridized carbons (Fsp3) is 0.500. The Morgan fingerprint density at radius 1 is 1.22 bits per heavy atom. The minimum Gasteiger partial charge on any atom is -0.485 e. The molecular weight excluding hydrogens is 317 g/mol. The molecule has 3 rings (SSSR count). The van der Waals surface area contributed by atoms with Crippen molar-refractivity contribution in [2.75, 3.05) is 19.0 Å². The molecule has 124 valence electrons. The summed E-state index contributed by atoms with van der Waals surface area (Å²) in [4.78, 5) is 0. The lowest BCUT2D eigenvalue weighted by molar-refractivity contribution is 0.0825. The second-order valence-electron chi connectivity index (χ2n) is 5.36. The summed E-state index contributed by atoms with van der Waals surface area (Å²) in [5.74, 6) is 3.16. The third kappa shape index (κ3) is 3.77. The lowest BCUT2D eigenvalue weighted by Crippen LogP contribution is -2.24. The smallest absolute Gasteiger partial charge is 0.192 e. The minimum atomic E-state index is -0.261. The number of unbranched alkanes of at least 4 members (excludes halogenated alkanes) is 2. The molecule has 1 aliphatic rings. The van der Waals surface area contributed by atoms with Crippen LogP contribution in [0.1, 0.15) is 31.2 Å². The SMILES string of the molecule is Cn1c(SCCCCCF)nnc1[C@H]1COc2ccccc2O1. The predicted octanol–water partition coefficient (Wildman–Crippen LogP) is 3.56. The first-order valence-electron chi connectivity index (χ1n) is 7.76. The van der Waals surface area contributed by atoms with Crippen LogP contribution in [-0.2, 0) is 7.05 Å². The molecule has 2 heterocycles. The van der Waals surface area contributed by atoms with Crippen molar-refractivity contribution < 1.29 is 13.9 Å². The van der Waals surface area contributed by atoms with E-state index in [2.05, 4.69) is 10.2 Å². The Balaban J connectivity index is 1.61. The molecule has 23 heavy (non-hydrogen) atoms. The van der Waals surface area contributed by atoms with E-state index in [0.29, 0.717) is 13.0 Å². The summed E-state index contributed by atoms with van der Waals surface area (Å²) in [6.45, 7) is 0.184. The molecule has 0 aliphatic carbocycles. The molecule has 0 radical (unpaired) electrons. The van der Waals surface area contributed by atoms with E-state index in [-0.39, 0.29) is 12.8 Å². The van der Waals surface area contributed by atoms with Crippen molar-refractivity contribution in [1.29, 1.82) is 0 Å². The van der Waals surface area contributed by atoms with Gasteiger partial charge in [0.25, 0.3) is 0 Å². The third-order valence-corrected chi connectivity index (χ3v) is 4.78. The fourth-order valence-electron chi connectivity index (χ4n) is 2.42. The van der Waals surface area contributed by atoms with Gasteiger partial charge < -0.3 is 14.0 Å². The number of halogens is 1. The van der Waals surface area contributed by atoms with Crippen molar-refractivity contribution in [3.63, 3.8) is 0 Å². The number of fused-ring (bicyclic) bond motifs is 1. The molecule has 5 nitrogen and oxygen atoms in total. The summed E-state index contributed by atoms with van der Waals surface area (Å²) in [6, 6.07) is 7.61. The van der Waals surface area contributed by atoms with Crippen LogP contribution in [0, 0.1) is 0 Å². The maximum absolute atomic E-state index is 12.1. The summed E-state index contributed by atoms with van der Waals surface area (Å²) < 4.78 is 25.7. The van der Waals surface area contributed by atoms with Gasteiger partial charge in [-0.2, -0.15) is 0 Å². The quantitative estimate of drug-likeness (QED) is 0.571. The van der Waals surface area contributed by atoms with E-state index >= 15 is 0 Å². The molecule has 0 saturated heterocycles. The van der Waals surface area contributed by atoms with Crippen LogP contribution >= 0.6 is 11.8 Å². The van der Waals surface area contributed by atoms with E-state index < -0.39 is 0 Å². The van der Waals surface area contributed by atoms with E-state index in [1.54, 1.807) is 11.8 Å². The largest absolute Gasteiger partial charge is 0.485 e. The summed E-state index contributed by atoms with van der Waals surface area (Å²) in [5.41, 5.74) is 0. The molecule has 0 unspecified atom stereocenters. The molecule has 0 amide bonds. The topological polar surface area (TPSA) is 49.2 Å². The van der Waals surface area contributed by atoms with E-state index in [9.17, 15) is 4.39 Å². The highest BCUT2D eigenvalue weighted by atomic mass is 32.2. The van der Waals surface area contributed by atoms with Gasteiger partial charge >= 0.3 is 0 Å². The highest BCUT2D eigenvalue weighted by Gasteiger charge is 2.27. The molecule has 1 aromatic heterocycles. The molecule has 2 aromatic rings. The number of nitrogens with zero attached hydrogens (tertiary/aromatic N) is 3. The van der Waals surface area contributed by atoms with Gasteiger partial charge in [0, 0.05) is 12.8 Å². The number of ether oxygens (including phenoxy) is 2. The number of para-hydroxylation sites is 2. The Morgan fingerprint density at radius 2 is 2.04 bits per heavy atom. The van der Waals surface area contributed by atoms with Crippen LogP contribution in [-0.4, -0.2) is 33.8 Å². The number of hydrogen-bond acceptors (Lipinski definition) is 5. The van der Waals surface area contributed by atoms with Crippen LogP contribution in [0.25, 0.3) is 0 Å². The zero-order valence-corrected chi connectivity index (χ0v) is 13.9. The summed E-state index contributed by atoms with van der Waals surface area (Å²) in [6.07, 6.45) is 2.26. The molecular formula is C16H20FN3O2S. The number of benzene rings is 1. The van der Waals surface area contributed by atoms with Crippen molar-refractivity contribution in [2.45, 2.75) is 30.5 Å². The summed E-state index contributed by atoms with van der Waals surface area (Å²) in [7, 11) is 1.93. The van der Waals surface area contributed by atoms with Crippen LogP contribution < -0.4 is 9.47 Å². The van der Waals surface area contributed by atoms with Crippen LogP contribution in [0.2, 0.25) is 0 Å². The van der Waals surface area contributed by atoms with Gasteiger partial charge in [0.2, 0.25) is 0 Å². The Kier molecular flexibility index (Phi) is 5.38. The van der Waals surface area contributed by atoms with Crippen LogP contribution in [0.4, 0.5) is 4.39 Å². The number of thioether (sulfide) groups is 1. The molecule has 0 spiro atoms. The lowest BCUT2D eigenvalue weighted by atomic mass is 10.2. The summed E-state index contributed by atoms with van der Waals surface area (Å²) in [5, 5.41) is 9.34. The first-order valence-corrected chi connectivity index (χ1v) is 8.74. The summed E-state index contributed by atoms with van der Waals surface area (Å²) >= 11 is 1.64. The average Bonchev–Trinajstić information content (AvgIpc) is 2.95. The Morgan fingerprint density at radius 3 is 2.87 bits per heavy atom. The predicted molar refractivity (Wildman–Crippen MR) is 86.9 cm³/mol. The van der Waals surface area contributed by atoms with Gasteiger partial charge in [-0.1, -0.05) is 30.3 Å². The van der Waals surface area contributed by atoms with Crippen LogP contribution in [0.15, 0.2) is 29.4 Å². The molecule has 0 bridgehead atoms. The van der Waals surface area contributed by atoms with E-state index in [1.807, 2.05) is 35.9 Å². The number of aromatic nitrogens is 3. The Labute approximate surface area is 139 Å². The second kappa shape index (κ2) is 7.68. The third-order valence-electron chi connectivity index (χ3n) is 3.67.